The molecule has 0 aliphatic carbocycles. The van der Waals surface area contributed by atoms with Gasteiger partial charge in [0, 0.05) is 9.78 Å². The number of rotatable bonds is 4. The molecule has 5 nitrogen and oxygen atoms in total. The first-order valence-electron chi connectivity index (χ1n) is 7.70. The Bertz CT molecular complexity index is 1080. The summed E-state index contributed by atoms with van der Waals surface area (Å²) >= 11 is 2.24. The maximum atomic E-state index is 9.69. The molecule has 0 spiro atoms. The Balaban J connectivity index is 1.84. The van der Waals surface area contributed by atoms with E-state index in [9.17, 15) is 5.26 Å². The number of nitriles is 1. The summed E-state index contributed by atoms with van der Waals surface area (Å²) < 4.78 is 17.9. The topological polar surface area (TPSA) is 75.6 Å². The Morgan fingerprint density at radius 2 is 1.65 bits per heavy atom. The van der Waals surface area contributed by atoms with Crippen LogP contribution in [0, 0.1) is 14.9 Å². The molecule has 1 aromatic carbocycles. The second kappa shape index (κ2) is 7.06. The van der Waals surface area contributed by atoms with Gasteiger partial charge in [-0.1, -0.05) is 12.1 Å². The van der Waals surface area contributed by atoms with Crippen LogP contribution >= 0.6 is 22.6 Å². The highest BCUT2D eigenvalue weighted by molar-refractivity contribution is 14.1. The predicted molar refractivity (Wildman–Crippen MR) is 105 cm³/mol. The first-order chi connectivity index (χ1) is 12.8. The quantitative estimate of drug-likeness (QED) is 0.279. The molecule has 0 N–H and O–H groups in total. The van der Waals surface area contributed by atoms with Crippen LogP contribution < -0.4 is 0 Å². The van der Waals surface area contributed by atoms with Gasteiger partial charge in [-0.25, -0.2) is 4.99 Å². The normalized spacial score (nSPS) is 11.1. The maximum Gasteiger partial charge on any atom is 0.238 e. The Kier molecular flexibility index (Phi) is 4.46. The zero-order valence-electron chi connectivity index (χ0n) is 13.3. The molecular formula is C20H11IN2O3. The highest BCUT2D eigenvalue weighted by Crippen LogP contribution is 2.42. The summed E-state index contributed by atoms with van der Waals surface area (Å²) in [6, 6.07) is 17.1. The Labute approximate surface area is 162 Å². The third-order valence-electron chi connectivity index (χ3n) is 3.71. The van der Waals surface area contributed by atoms with Crippen molar-refractivity contribution < 1.29 is 13.3 Å². The van der Waals surface area contributed by atoms with Crippen LogP contribution in [0.2, 0.25) is 0 Å². The third kappa shape index (κ3) is 3.09. The lowest BCUT2D eigenvalue weighted by molar-refractivity contribution is 0.527. The molecule has 4 rings (SSSR count). The molecule has 0 bridgehead atoms. The Morgan fingerprint density at radius 1 is 0.962 bits per heavy atom. The van der Waals surface area contributed by atoms with Gasteiger partial charge in [-0.3, -0.25) is 0 Å². The third-order valence-corrected chi connectivity index (χ3v) is 4.43. The molecule has 3 heterocycles. The molecule has 0 radical (unpaired) electrons. The largest absolute Gasteiger partial charge is 0.464 e. The van der Waals surface area contributed by atoms with E-state index >= 15 is 0 Å². The van der Waals surface area contributed by atoms with Crippen molar-refractivity contribution in [2.24, 2.45) is 4.99 Å². The number of hydrogen-bond acceptors (Lipinski definition) is 5. The lowest BCUT2D eigenvalue weighted by Gasteiger charge is -1.96. The summed E-state index contributed by atoms with van der Waals surface area (Å²) in [6.07, 6.45) is 4.75. The van der Waals surface area contributed by atoms with Gasteiger partial charge in [-0.05, 0) is 64.6 Å². The average molecular weight is 454 g/mol. The summed E-state index contributed by atoms with van der Waals surface area (Å²) in [7, 11) is 0. The van der Waals surface area contributed by atoms with Gasteiger partial charge in [0.25, 0.3) is 0 Å². The molecule has 0 unspecified atom stereocenters. The number of halogens is 1. The molecule has 0 aliphatic heterocycles. The molecule has 4 aromatic rings. The van der Waals surface area contributed by atoms with Crippen LogP contribution in [0.25, 0.3) is 22.8 Å². The minimum absolute atomic E-state index is 0.212. The van der Waals surface area contributed by atoms with Crippen LogP contribution in [0.5, 0.6) is 0 Å². The summed E-state index contributed by atoms with van der Waals surface area (Å²) in [5.41, 5.74) is 1.74. The number of nitrogens with zero attached hydrogens (tertiary/aromatic N) is 2. The van der Waals surface area contributed by atoms with Gasteiger partial charge in [-0.2, -0.15) is 5.26 Å². The molecule has 26 heavy (non-hydrogen) atoms. The first kappa shape index (κ1) is 16.4. The lowest BCUT2D eigenvalue weighted by atomic mass is 10.1. The Hall–Kier alpha value is -3.05. The fraction of sp³-hybridized carbons (Fsp3) is 0. The standard InChI is InChI=1S/C20H11IN2O3/c21-14-7-5-13(6-8-14)12-23-20-15(11-22)18(16-3-1-9-24-16)19(26-20)17-4-2-10-25-17/h1-10,12H. The van der Waals surface area contributed by atoms with E-state index in [0.29, 0.717) is 28.4 Å². The number of aliphatic imine (C=N–C) groups is 1. The maximum absolute atomic E-state index is 9.69. The fourth-order valence-electron chi connectivity index (χ4n) is 2.53. The van der Waals surface area contributed by atoms with Crippen molar-refractivity contribution in [1.82, 2.24) is 0 Å². The highest BCUT2D eigenvalue weighted by atomic mass is 127. The van der Waals surface area contributed by atoms with Gasteiger partial charge in [0.2, 0.25) is 5.88 Å². The van der Waals surface area contributed by atoms with Crippen molar-refractivity contribution in [3.05, 3.63) is 75.8 Å². The molecule has 0 saturated carbocycles. The van der Waals surface area contributed by atoms with Crippen LogP contribution in [-0.2, 0) is 0 Å². The first-order valence-corrected chi connectivity index (χ1v) is 8.78. The summed E-state index contributed by atoms with van der Waals surface area (Å²) in [4.78, 5) is 4.38. The minimum atomic E-state index is 0.212. The molecule has 3 aromatic heterocycles. The van der Waals surface area contributed by atoms with Crippen molar-refractivity contribution in [2.75, 3.05) is 0 Å². The average Bonchev–Trinajstić information content (AvgIpc) is 3.40. The van der Waals surface area contributed by atoms with E-state index in [2.05, 4.69) is 33.7 Å². The zero-order valence-corrected chi connectivity index (χ0v) is 15.5. The van der Waals surface area contributed by atoms with Crippen molar-refractivity contribution in [1.29, 1.82) is 5.26 Å². The van der Waals surface area contributed by atoms with E-state index in [4.69, 9.17) is 13.3 Å². The molecule has 0 atom stereocenters. The monoisotopic (exact) mass is 454 g/mol. The van der Waals surface area contributed by atoms with Crippen LogP contribution in [0.15, 0.2) is 79.3 Å². The van der Waals surface area contributed by atoms with Gasteiger partial charge < -0.3 is 13.3 Å². The van der Waals surface area contributed by atoms with Gasteiger partial charge in [0.15, 0.2) is 11.5 Å². The van der Waals surface area contributed by atoms with E-state index in [1.165, 1.54) is 0 Å². The number of hydrogen-bond donors (Lipinski definition) is 0. The van der Waals surface area contributed by atoms with Crippen molar-refractivity contribution in [2.45, 2.75) is 0 Å². The number of furan rings is 3. The van der Waals surface area contributed by atoms with Crippen molar-refractivity contribution in [3.8, 4) is 28.9 Å². The van der Waals surface area contributed by atoms with Crippen LogP contribution in [0.3, 0.4) is 0 Å². The van der Waals surface area contributed by atoms with Crippen molar-refractivity contribution >= 4 is 34.7 Å². The molecular weight excluding hydrogens is 443 g/mol. The van der Waals surface area contributed by atoms with Gasteiger partial charge >= 0.3 is 0 Å². The van der Waals surface area contributed by atoms with Crippen LogP contribution in [0.4, 0.5) is 5.88 Å². The second-order valence-electron chi connectivity index (χ2n) is 5.36. The molecule has 126 valence electrons. The van der Waals surface area contributed by atoms with Crippen LogP contribution in [-0.4, -0.2) is 6.21 Å². The molecule has 6 heteroatoms. The van der Waals surface area contributed by atoms with E-state index in [-0.39, 0.29) is 5.88 Å². The second-order valence-corrected chi connectivity index (χ2v) is 6.61. The van der Waals surface area contributed by atoms with E-state index in [1.807, 2.05) is 24.3 Å². The Morgan fingerprint density at radius 3 is 2.27 bits per heavy atom. The minimum Gasteiger partial charge on any atom is -0.464 e. The van der Waals surface area contributed by atoms with Crippen LogP contribution in [0.1, 0.15) is 11.1 Å². The smallest absolute Gasteiger partial charge is 0.238 e. The van der Waals surface area contributed by atoms with Gasteiger partial charge in [-0.15, -0.1) is 0 Å². The molecule has 0 saturated heterocycles. The number of benzene rings is 1. The van der Waals surface area contributed by atoms with E-state index in [1.54, 1.807) is 43.0 Å². The SMILES string of the molecule is N#Cc1c(N=Cc2ccc(I)cc2)oc(-c2ccco2)c1-c1ccco1. The van der Waals surface area contributed by atoms with E-state index in [0.717, 1.165) is 9.13 Å². The summed E-state index contributed by atoms with van der Waals surface area (Å²) in [5.74, 6) is 1.65. The van der Waals surface area contributed by atoms with E-state index < -0.39 is 0 Å². The molecule has 0 amide bonds. The fourth-order valence-corrected chi connectivity index (χ4v) is 2.89. The predicted octanol–water partition coefficient (Wildman–Crippen LogP) is 6.03. The lowest BCUT2D eigenvalue weighted by Crippen LogP contribution is -1.81. The van der Waals surface area contributed by atoms with Gasteiger partial charge in [0.1, 0.15) is 17.4 Å². The molecule has 0 fully saturated rings. The zero-order chi connectivity index (χ0) is 17.9. The van der Waals surface area contributed by atoms with Crippen molar-refractivity contribution in [3.63, 3.8) is 0 Å². The summed E-state index contributed by atoms with van der Waals surface area (Å²) in [6.45, 7) is 0. The highest BCUT2D eigenvalue weighted by Gasteiger charge is 2.25. The molecule has 0 aliphatic rings. The summed E-state index contributed by atoms with van der Waals surface area (Å²) in [5, 5.41) is 9.69. The van der Waals surface area contributed by atoms with Gasteiger partial charge in [0.05, 0.1) is 18.1 Å².